The van der Waals surface area contributed by atoms with Crippen molar-refractivity contribution in [2.45, 2.75) is 46.1 Å². The summed E-state index contributed by atoms with van der Waals surface area (Å²) in [5.74, 6) is 0.403. The second kappa shape index (κ2) is 15.3. The number of nitrogens with zero attached hydrogens (tertiary/aromatic N) is 5. The van der Waals surface area contributed by atoms with Crippen molar-refractivity contribution >= 4 is 46.5 Å². The monoisotopic (exact) mass is 599 g/mol. The van der Waals surface area contributed by atoms with E-state index >= 15 is 0 Å². The highest BCUT2D eigenvalue weighted by molar-refractivity contribution is 6.19. The normalized spacial score (nSPS) is 11.3. The molecule has 0 bridgehead atoms. The maximum atomic E-state index is 13.4. The molecule has 0 fully saturated rings. The van der Waals surface area contributed by atoms with Crippen molar-refractivity contribution < 1.29 is 23.9 Å². The predicted molar refractivity (Wildman–Crippen MR) is 169 cm³/mol. The van der Waals surface area contributed by atoms with Crippen LogP contribution in [0.3, 0.4) is 0 Å². The lowest BCUT2D eigenvalue weighted by molar-refractivity contribution is 0.0966. The number of benzene rings is 2. The number of unbranched alkanes of at least 4 members (excludes halogenated alkanes) is 3. The summed E-state index contributed by atoms with van der Waals surface area (Å²) in [7, 11) is 1.88. The molecule has 2 aromatic carbocycles. The third-order valence-corrected chi connectivity index (χ3v) is 6.82. The van der Waals surface area contributed by atoms with Gasteiger partial charge in [-0.3, -0.25) is 4.79 Å². The van der Waals surface area contributed by atoms with E-state index in [1.807, 2.05) is 23.7 Å². The number of rotatable bonds is 12. The summed E-state index contributed by atoms with van der Waals surface area (Å²) in [6.45, 7) is 4.62. The molecule has 2 heterocycles. The molecule has 0 radical (unpaired) electrons. The second-order valence-corrected chi connectivity index (χ2v) is 9.92. The summed E-state index contributed by atoms with van der Waals surface area (Å²) >= 11 is 0. The van der Waals surface area contributed by atoms with Gasteiger partial charge in [0.25, 0.3) is 5.91 Å². The summed E-state index contributed by atoms with van der Waals surface area (Å²) in [5, 5.41) is 3.32. The van der Waals surface area contributed by atoms with E-state index in [9.17, 15) is 14.4 Å². The number of carbonyl (C=O) groups excluding carboxylic acids is 3. The highest BCUT2D eigenvalue weighted by Crippen LogP contribution is 2.22. The van der Waals surface area contributed by atoms with E-state index < -0.39 is 18.1 Å². The first kappa shape index (κ1) is 31.7. The molecule has 4 aromatic rings. The van der Waals surface area contributed by atoms with Gasteiger partial charge in [-0.1, -0.05) is 32.3 Å². The summed E-state index contributed by atoms with van der Waals surface area (Å²) in [4.78, 5) is 51.6. The summed E-state index contributed by atoms with van der Waals surface area (Å²) in [5.41, 5.74) is 9.09. The van der Waals surface area contributed by atoms with Crippen LogP contribution in [0.25, 0.3) is 11.0 Å². The number of imide groups is 1. The average Bonchev–Trinajstić information content (AvgIpc) is 3.35. The highest BCUT2D eigenvalue weighted by atomic mass is 16.6. The molecular weight excluding hydrogens is 562 g/mol. The Balaban J connectivity index is 1.42. The van der Waals surface area contributed by atoms with Crippen LogP contribution < -0.4 is 16.0 Å². The fraction of sp³-hybridized carbons (Fsp3) is 0.312. The number of aryl methyl sites for hydroxylation is 1. The number of nitrogens with one attached hydrogen (secondary N) is 1. The topological polar surface area (TPSA) is 154 Å². The number of hydrogen-bond acceptors (Lipinski definition) is 8. The number of anilines is 2. The Morgan fingerprint density at radius 1 is 0.977 bits per heavy atom. The van der Waals surface area contributed by atoms with Crippen molar-refractivity contribution in [1.29, 1.82) is 0 Å². The van der Waals surface area contributed by atoms with Crippen LogP contribution in [-0.2, 0) is 23.1 Å². The van der Waals surface area contributed by atoms with Crippen LogP contribution in [0.2, 0.25) is 0 Å². The smallest absolute Gasteiger partial charge is 0.435 e. The van der Waals surface area contributed by atoms with Gasteiger partial charge in [0.05, 0.1) is 30.8 Å². The zero-order chi connectivity index (χ0) is 31.5. The van der Waals surface area contributed by atoms with Crippen molar-refractivity contribution in [3.05, 3.63) is 83.8 Å². The molecule has 0 aliphatic rings. The number of imidazole rings is 1. The number of nitrogens with two attached hydrogens (primary N) is 1. The van der Waals surface area contributed by atoms with Gasteiger partial charge in [-0.15, -0.1) is 0 Å². The fourth-order valence-corrected chi connectivity index (χ4v) is 4.45. The summed E-state index contributed by atoms with van der Waals surface area (Å²) in [6, 6.07) is 17.2. The van der Waals surface area contributed by atoms with Gasteiger partial charge in [0.2, 0.25) is 0 Å². The molecule has 230 valence electrons. The molecule has 12 heteroatoms. The number of pyridine rings is 1. The SMILES string of the molecule is CCCCCCOC(=O)/N=C(/N)c1ccc(NCc2nc3cc(C(=O)N(C(=O)OCC)c4ccccn4)ccc3n2C)cc1. The van der Waals surface area contributed by atoms with Crippen molar-refractivity contribution in [1.82, 2.24) is 14.5 Å². The number of hydrogen-bond donors (Lipinski definition) is 2. The van der Waals surface area contributed by atoms with Crippen LogP contribution in [0.5, 0.6) is 0 Å². The molecule has 2 aromatic heterocycles. The number of aromatic nitrogens is 3. The summed E-state index contributed by atoms with van der Waals surface area (Å²) < 4.78 is 12.2. The van der Waals surface area contributed by atoms with E-state index in [1.54, 1.807) is 55.5 Å². The quantitative estimate of drug-likeness (QED) is 0.117. The molecule has 3 N–H and O–H groups in total. The molecule has 0 aliphatic carbocycles. The van der Waals surface area contributed by atoms with E-state index in [-0.39, 0.29) is 23.8 Å². The average molecular weight is 600 g/mol. The van der Waals surface area contributed by atoms with Crippen LogP contribution in [0.15, 0.2) is 71.9 Å². The zero-order valence-electron chi connectivity index (χ0n) is 25.2. The Kier molecular flexibility index (Phi) is 11.0. The maximum Gasteiger partial charge on any atom is 0.435 e. The first-order valence-electron chi connectivity index (χ1n) is 14.5. The van der Waals surface area contributed by atoms with Gasteiger partial charge >= 0.3 is 12.2 Å². The Morgan fingerprint density at radius 2 is 1.75 bits per heavy atom. The van der Waals surface area contributed by atoms with E-state index in [4.69, 9.17) is 20.2 Å². The molecule has 44 heavy (non-hydrogen) atoms. The van der Waals surface area contributed by atoms with Crippen molar-refractivity contribution in [2.75, 3.05) is 23.4 Å². The number of fused-ring (bicyclic) bond motifs is 1. The van der Waals surface area contributed by atoms with Gasteiger partial charge < -0.3 is 25.1 Å². The molecule has 3 amide bonds. The Bertz CT molecular complexity index is 1620. The lowest BCUT2D eigenvalue weighted by atomic mass is 10.1. The minimum Gasteiger partial charge on any atom is -0.449 e. The fourth-order valence-electron chi connectivity index (χ4n) is 4.45. The maximum absolute atomic E-state index is 13.4. The molecule has 4 rings (SSSR count). The number of carbonyl (C=O) groups is 3. The van der Waals surface area contributed by atoms with Crippen LogP contribution in [0.1, 0.15) is 61.3 Å². The molecule has 12 nitrogen and oxygen atoms in total. The number of amidine groups is 1. The minimum absolute atomic E-state index is 0.0837. The van der Waals surface area contributed by atoms with Crippen molar-refractivity contribution in [3.8, 4) is 0 Å². The number of ether oxygens (including phenoxy) is 2. The van der Waals surface area contributed by atoms with Crippen molar-refractivity contribution in [3.63, 3.8) is 0 Å². The third-order valence-electron chi connectivity index (χ3n) is 6.82. The molecule has 0 unspecified atom stereocenters. The largest absolute Gasteiger partial charge is 0.449 e. The van der Waals surface area contributed by atoms with Gasteiger partial charge in [-0.05, 0) is 67.9 Å². The van der Waals surface area contributed by atoms with E-state index in [2.05, 4.69) is 22.2 Å². The lowest BCUT2D eigenvalue weighted by Gasteiger charge is -2.19. The number of aliphatic imine (C=N–C) groups is 1. The molecule has 0 spiro atoms. The Hall–Kier alpha value is -5.26. The minimum atomic E-state index is -0.806. The molecular formula is C32H37N7O5. The molecule has 0 atom stereocenters. The standard InChI is InChI=1S/C32H37N7O5/c1-4-6-7-10-19-44-31(41)37-29(33)22-12-15-24(16-13-22)35-21-28-36-25-20-23(14-17-26(25)38(28)3)30(40)39(32(42)43-5-2)27-11-8-9-18-34-27/h8-9,11-18,20,35H,4-7,10,19,21H2,1-3H3,(H2,33,37,41). The van der Waals surface area contributed by atoms with Crippen LogP contribution >= 0.6 is 0 Å². The molecule has 0 saturated heterocycles. The Labute approximate surface area is 255 Å². The molecule has 0 aliphatic heterocycles. The third kappa shape index (κ3) is 7.97. The zero-order valence-corrected chi connectivity index (χ0v) is 25.2. The molecule has 0 saturated carbocycles. The van der Waals surface area contributed by atoms with Gasteiger partial charge in [-0.25, -0.2) is 19.6 Å². The van der Waals surface area contributed by atoms with Gasteiger partial charge in [0.1, 0.15) is 17.5 Å². The lowest BCUT2D eigenvalue weighted by Crippen LogP contribution is -2.38. The van der Waals surface area contributed by atoms with E-state index in [0.29, 0.717) is 24.2 Å². The van der Waals surface area contributed by atoms with Crippen LogP contribution in [-0.4, -0.2) is 51.7 Å². The summed E-state index contributed by atoms with van der Waals surface area (Å²) in [6.07, 6.45) is 4.02. The first-order valence-corrected chi connectivity index (χ1v) is 14.5. The highest BCUT2D eigenvalue weighted by Gasteiger charge is 2.27. The second-order valence-electron chi connectivity index (χ2n) is 9.92. The number of amides is 3. The Morgan fingerprint density at radius 3 is 2.45 bits per heavy atom. The van der Waals surface area contributed by atoms with Crippen LogP contribution in [0, 0.1) is 0 Å². The van der Waals surface area contributed by atoms with Gasteiger partial charge in [0, 0.05) is 30.1 Å². The first-order chi connectivity index (χ1) is 21.3. The predicted octanol–water partition coefficient (Wildman–Crippen LogP) is 5.81. The van der Waals surface area contributed by atoms with E-state index in [1.165, 1.54) is 6.20 Å². The van der Waals surface area contributed by atoms with Crippen molar-refractivity contribution in [2.24, 2.45) is 17.8 Å². The van der Waals surface area contributed by atoms with Crippen LogP contribution in [0.4, 0.5) is 21.1 Å². The van der Waals surface area contributed by atoms with Gasteiger partial charge in [0.15, 0.2) is 0 Å². The van der Waals surface area contributed by atoms with E-state index in [0.717, 1.165) is 47.6 Å². The van der Waals surface area contributed by atoms with Gasteiger partial charge in [-0.2, -0.15) is 9.89 Å².